The summed E-state index contributed by atoms with van der Waals surface area (Å²) in [6.45, 7) is 3.44. The van der Waals surface area contributed by atoms with Gasteiger partial charge in [0.2, 0.25) is 0 Å². The number of pyridine rings is 1. The third kappa shape index (κ3) is 4.24. The molecule has 31 heavy (non-hydrogen) atoms. The number of nitrogens with zero attached hydrogens (tertiary/aromatic N) is 3. The highest BCUT2D eigenvalue weighted by molar-refractivity contribution is 7.17. The van der Waals surface area contributed by atoms with Gasteiger partial charge in [0.25, 0.3) is 5.91 Å². The van der Waals surface area contributed by atoms with Crippen LogP contribution >= 0.6 is 11.3 Å². The average Bonchev–Trinajstić information content (AvgIpc) is 3.46. The number of fused-ring (bicyclic) bond motifs is 1. The zero-order valence-corrected chi connectivity index (χ0v) is 18.2. The quantitative estimate of drug-likeness (QED) is 0.511. The zero-order chi connectivity index (χ0) is 21.2. The van der Waals surface area contributed by atoms with E-state index in [2.05, 4.69) is 47.0 Å². The van der Waals surface area contributed by atoms with Crippen molar-refractivity contribution in [2.75, 3.05) is 13.2 Å². The van der Waals surface area contributed by atoms with Crippen LogP contribution in [0.1, 0.15) is 40.0 Å². The Morgan fingerprint density at radius 2 is 2.06 bits per heavy atom. The Morgan fingerprint density at radius 3 is 2.81 bits per heavy atom. The molecule has 1 aromatic carbocycles. The number of hydrogen-bond donors (Lipinski definition) is 1. The number of amides is 1. The Labute approximate surface area is 184 Å². The highest BCUT2D eigenvalue weighted by Crippen LogP contribution is 2.30. The summed E-state index contributed by atoms with van der Waals surface area (Å²) in [5.74, 6) is -0.102. The molecule has 1 fully saturated rings. The summed E-state index contributed by atoms with van der Waals surface area (Å²) < 4.78 is 8.39. The van der Waals surface area contributed by atoms with Crippen molar-refractivity contribution in [1.82, 2.24) is 20.1 Å². The molecule has 0 bridgehead atoms. The molecule has 1 N–H and O–H groups in total. The first-order valence-electron chi connectivity index (χ1n) is 10.5. The predicted molar refractivity (Wildman–Crippen MR) is 122 cm³/mol. The molecule has 1 saturated heterocycles. The number of hydrogen-bond acceptors (Lipinski definition) is 5. The Morgan fingerprint density at radius 1 is 1.26 bits per heavy atom. The lowest BCUT2D eigenvalue weighted by Gasteiger charge is -2.23. The SMILES string of the molecule is Cc1csc2c(Cc3ccc(-n4cccn4)cc3)cc(C(=O)NC3CCOCC3)nc12. The minimum atomic E-state index is -0.102. The first-order valence-corrected chi connectivity index (χ1v) is 11.4. The monoisotopic (exact) mass is 432 g/mol. The number of benzene rings is 1. The maximum atomic E-state index is 12.9. The first kappa shape index (κ1) is 19.9. The van der Waals surface area contributed by atoms with Crippen molar-refractivity contribution in [2.45, 2.75) is 32.2 Å². The highest BCUT2D eigenvalue weighted by Gasteiger charge is 2.20. The normalized spacial score (nSPS) is 14.7. The van der Waals surface area contributed by atoms with Gasteiger partial charge in [-0.15, -0.1) is 11.3 Å². The van der Waals surface area contributed by atoms with E-state index in [-0.39, 0.29) is 11.9 Å². The molecule has 1 aliphatic rings. The van der Waals surface area contributed by atoms with Crippen molar-refractivity contribution in [2.24, 2.45) is 0 Å². The van der Waals surface area contributed by atoms with Gasteiger partial charge in [0.05, 0.1) is 15.9 Å². The van der Waals surface area contributed by atoms with E-state index in [1.165, 1.54) is 5.56 Å². The minimum Gasteiger partial charge on any atom is -0.381 e. The van der Waals surface area contributed by atoms with Gasteiger partial charge in [0.15, 0.2) is 0 Å². The molecule has 3 aromatic heterocycles. The Kier molecular flexibility index (Phi) is 5.53. The highest BCUT2D eigenvalue weighted by atomic mass is 32.1. The van der Waals surface area contributed by atoms with E-state index in [1.807, 2.05) is 23.0 Å². The van der Waals surface area contributed by atoms with Gasteiger partial charge in [-0.05, 0) is 72.5 Å². The number of ether oxygens (including phenoxy) is 1. The third-order valence-electron chi connectivity index (χ3n) is 5.67. The average molecular weight is 433 g/mol. The van der Waals surface area contributed by atoms with Crippen molar-refractivity contribution >= 4 is 27.5 Å². The maximum Gasteiger partial charge on any atom is 0.270 e. The van der Waals surface area contributed by atoms with Crippen LogP contribution in [-0.4, -0.2) is 39.9 Å². The van der Waals surface area contributed by atoms with E-state index in [1.54, 1.807) is 17.5 Å². The van der Waals surface area contributed by atoms with Gasteiger partial charge < -0.3 is 10.1 Å². The van der Waals surface area contributed by atoms with Gasteiger partial charge >= 0.3 is 0 Å². The minimum absolute atomic E-state index is 0.102. The van der Waals surface area contributed by atoms with Crippen molar-refractivity contribution in [3.63, 3.8) is 0 Å². The molecule has 4 aromatic rings. The van der Waals surface area contributed by atoms with Crippen molar-refractivity contribution < 1.29 is 9.53 Å². The Bertz CT molecular complexity index is 1190. The van der Waals surface area contributed by atoms with Crippen molar-refractivity contribution in [3.8, 4) is 5.69 Å². The molecule has 0 saturated carbocycles. The second-order valence-corrected chi connectivity index (χ2v) is 8.80. The molecule has 0 spiro atoms. The van der Waals surface area contributed by atoms with Crippen LogP contribution in [0.3, 0.4) is 0 Å². The smallest absolute Gasteiger partial charge is 0.270 e. The zero-order valence-electron chi connectivity index (χ0n) is 17.4. The second-order valence-electron chi connectivity index (χ2n) is 7.92. The fourth-order valence-corrected chi connectivity index (χ4v) is 4.95. The van der Waals surface area contributed by atoms with Gasteiger partial charge in [-0.3, -0.25) is 4.79 Å². The number of carbonyl (C=O) groups is 1. The maximum absolute atomic E-state index is 12.9. The van der Waals surface area contributed by atoms with Crippen LogP contribution in [0.25, 0.3) is 15.9 Å². The number of rotatable bonds is 5. The van der Waals surface area contributed by atoms with Crippen LogP contribution in [-0.2, 0) is 11.2 Å². The van der Waals surface area contributed by atoms with Gasteiger partial charge in [-0.25, -0.2) is 9.67 Å². The van der Waals surface area contributed by atoms with Crippen LogP contribution in [0.15, 0.2) is 54.2 Å². The molecule has 6 nitrogen and oxygen atoms in total. The van der Waals surface area contributed by atoms with Crippen molar-refractivity contribution in [3.05, 3.63) is 76.6 Å². The van der Waals surface area contributed by atoms with Gasteiger partial charge in [0, 0.05) is 31.6 Å². The molecule has 4 heterocycles. The molecule has 1 amide bonds. The summed E-state index contributed by atoms with van der Waals surface area (Å²) in [7, 11) is 0. The summed E-state index contributed by atoms with van der Waals surface area (Å²) in [6, 6.07) is 12.4. The van der Waals surface area contributed by atoms with E-state index in [0.717, 1.165) is 46.3 Å². The largest absolute Gasteiger partial charge is 0.381 e. The summed E-state index contributed by atoms with van der Waals surface area (Å²) in [6.07, 6.45) is 6.14. The standard InChI is InChI=1S/C24H24N4O2S/c1-16-15-31-23-18(13-17-3-5-20(6-4-17)28-10-2-9-25-28)14-21(27-22(16)23)24(29)26-19-7-11-30-12-8-19/h2-6,9-10,14-15,19H,7-8,11-13H2,1H3,(H,26,29). The summed E-state index contributed by atoms with van der Waals surface area (Å²) in [5.41, 5.74) is 5.86. The molecule has 0 aliphatic carbocycles. The second kappa shape index (κ2) is 8.61. The molecule has 0 radical (unpaired) electrons. The summed E-state index contributed by atoms with van der Waals surface area (Å²) >= 11 is 1.69. The van der Waals surface area contributed by atoms with Gasteiger partial charge in [-0.2, -0.15) is 5.10 Å². The topological polar surface area (TPSA) is 69.0 Å². The van der Waals surface area contributed by atoms with Gasteiger partial charge in [-0.1, -0.05) is 12.1 Å². The molecular formula is C24H24N4O2S. The Balaban J connectivity index is 1.42. The van der Waals surface area contributed by atoms with E-state index >= 15 is 0 Å². The molecule has 7 heteroatoms. The van der Waals surface area contributed by atoms with Crippen LogP contribution in [0.4, 0.5) is 0 Å². The fraction of sp³-hybridized carbons (Fsp3) is 0.292. The van der Waals surface area contributed by atoms with Crippen molar-refractivity contribution in [1.29, 1.82) is 0 Å². The molecule has 5 rings (SSSR count). The number of nitrogens with one attached hydrogen (secondary N) is 1. The van der Waals surface area contributed by atoms with Crippen LogP contribution in [0.5, 0.6) is 0 Å². The number of carbonyl (C=O) groups excluding carboxylic acids is 1. The van der Waals surface area contributed by atoms with E-state index in [4.69, 9.17) is 9.72 Å². The summed E-state index contributed by atoms with van der Waals surface area (Å²) in [5, 5.41) is 9.53. The first-order chi connectivity index (χ1) is 15.2. The lowest BCUT2D eigenvalue weighted by molar-refractivity contribution is 0.0694. The lowest BCUT2D eigenvalue weighted by Crippen LogP contribution is -2.39. The molecule has 1 aliphatic heterocycles. The van der Waals surface area contributed by atoms with E-state index in [9.17, 15) is 4.79 Å². The molecule has 0 unspecified atom stereocenters. The molecule has 0 atom stereocenters. The van der Waals surface area contributed by atoms with Crippen LogP contribution in [0.2, 0.25) is 0 Å². The lowest BCUT2D eigenvalue weighted by atomic mass is 10.0. The van der Waals surface area contributed by atoms with Gasteiger partial charge in [0.1, 0.15) is 5.69 Å². The molecular weight excluding hydrogens is 408 g/mol. The third-order valence-corrected chi connectivity index (χ3v) is 6.83. The van der Waals surface area contributed by atoms with Crippen LogP contribution in [0, 0.1) is 6.92 Å². The fourth-order valence-electron chi connectivity index (χ4n) is 3.94. The Hall–Kier alpha value is -3.03. The van der Waals surface area contributed by atoms with E-state index < -0.39 is 0 Å². The summed E-state index contributed by atoms with van der Waals surface area (Å²) in [4.78, 5) is 17.7. The number of aryl methyl sites for hydroxylation is 1. The molecule has 158 valence electrons. The van der Waals surface area contributed by atoms with Crippen LogP contribution < -0.4 is 5.32 Å². The predicted octanol–water partition coefficient (Wildman–Crippen LogP) is 4.29. The number of thiophene rings is 1. The number of aromatic nitrogens is 3. The van der Waals surface area contributed by atoms with E-state index in [0.29, 0.717) is 18.9 Å².